The van der Waals surface area contributed by atoms with E-state index in [0.717, 1.165) is 55.0 Å². The number of carbonyl (C=O) groups excluding carboxylic acids is 1. The fourth-order valence-corrected chi connectivity index (χ4v) is 4.99. The Morgan fingerprint density at radius 2 is 1.78 bits per heavy atom. The summed E-state index contributed by atoms with van der Waals surface area (Å²) >= 11 is 0. The van der Waals surface area contributed by atoms with Crippen molar-refractivity contribution in [2.45, 2.75) is 25.8 Å². The van der Waals surface area contributed by atoms with Crippen molar-refractivity contribution >= 4 is 16.7 Å². The molecule has 37 heavy (non-hydrogen) atoms. The quantitative estimate of drug-likeness (QED) is 0.340. The van der Waals surface area contributed by atoms with Crippen molar-refractivity contribution in [1.82, 2.24) is 15.2 Å². The van der Waals surface area contributed by atoms with E-state index in [1.54, 1.807) is 18.3 Å². The van der Waals surface area contributed by atoms with Gasteiger partial charge in [0.25, 0.3) is 0 Å². The number of hydrogen-bond donors (Lipinski definition) is 1. The Hall–Kier alpha value is -3.77. The number of rotatable bonds is 8. The molecule has 0 radical (unpaired) electrons. The molecule has 0 spiro atoms. The highest BCUT2D eigenvalue weighted by Gasteiger charge is 2.28. The molecule has 1 fully saturated rings. The third-order valence-corrected chi connectivity index (χ3v) is 7.17. The number of benzene rings is 3. The van der Waals surface area contributed by atoms with Crippen LogP contribution in [0.3, 0.4) is 0 Å². The van der Waals surface area contributed by atoms with Gasteiger partial charge in [0.1, 0.15) is 18.2 Å². The number of aromatic nitrogens is 1. The molecule has 0 saturated carbocycles. The Bertz CT molecular complexity index is 1350. The monoisotopic (exact) mass is 497 g/mol. The largest absolute Gasteiger partial charge is 0.492 e. The Balaban J connectivity index is 1.15. The second-order valence-corrected chi connectivity index (χ2v) is 9.67. The Kier molecular flexibility index (Phi) is 7.76. The van der Waals surface area contributed by atoms with E-state index in [1.807, 2.05) is 37.3 Å². The van der Waals surface area contributed by atoms with E-state index in [9.17, 15) is 9.18 Å². The summed E-state index contributed by atoms with van der Waals surface area (Å²) in [6, 6.07) is 24.1. The first-order valence-corrected chi connectivity index (χ1v) is 12.9. The number of fused-ring (bicyclic) bond motifs is 1. The fraction of sp³-hybridized carbons (Fsp3) is 0.290. The molecular weight excluding hydrogens is 465 g/mol. The van der Waals surface area contributed by atoms with E-state index in [1.165, 1.54) is 22.9 Å². The zero-order valence-corrected chi connectivity index (χ0v) is 21.1. The van der Waals surface area contributed by atoms with Crippen LogP contribution >= 0.6 is 0 Å². The number of amides is 1. The van der Waals surface area contributed by atoms with Crippen LogP contribution in [0.1, 0.15) is 35.7 Å². The highest BCUT2D eigenvalue weighted by atomic mass is 19.1. The Morgan fingerprint density at radius 1 is 1.03 bits per heavy atom. The number of nitrogens with one attached hydrogen (secondary N) is 1. The van der Waals surface area contributed by atoms with Gasteiger partial charge in [0, 0.05) is 18.7 Å². The van der Waals surface area contributed by atoms with Gasteiger partial charge in [0.2, 0.25) is 5.91 Å². The summed E-state index contributed by atoms with van der Waals surface area (Å²) in [6.45, 7) is 5.11. The molecule has 1 aliphatic rings. The molecule has 1 atom stereocenters. The fourth-order valence-electron chi connectivity index (χ4n) is 4.99. The third kappa shape index (κ3) is 6.15. The van der Waals surface area contributed by atoms with Crippen molar-refractivity contribution in [2.24, 2.45) is 5.92 Å². The SMILES string of the molecule is Cc1cccnc1C(NC(=O)C1CCN(CCOc2ccc3ccccc3c2)CC1)c1ccc(F)cc1. The zero-order chi connectivity index (χ0) is 25.6. The summed E-state index contributed by atoms with van der Waals surface area (Å²) < 4.78 is 19.6. The number of ether oxygens (including phenoxy) is 1. The third-order valence-electron chi connectivity index (χ3n) is 7.17. The van der Waals surface area contributed by atoms with Crippen LogP contribution in [0.2, 0.25) is 0 Å². The van der Waals surface area contributed by atoms with E-state index in [0.29, 0.717) is 6.61 Å². The van der Waals surface area contributed by atoms with Gasteiger partial charge >= 0.3 is 0 Å². The maximum absolute atomic E-state index is 13.6. The van der Waals surface area contributed by atoms with Crippen LogP contribution < -0.4 is 10.1 Å². The van der Waals surface area contributed by atoms with E-state index < -0.39 is 6.04 Å². The number of hydrogen-bond acceptors (Lipinski definition) is 4. The molecule has 6 heteroatoms. The molecule has 1 amide bonds. The molecule has 2 heterocycles. The van der Waals surface area contributed by atoms with Crippen molar-refractivity contribution in [3.8, 4) is 5.75 Å². The molecule has 5 rings (SSSR count). The Labute approximate surface area is 217 Å². The maximum atomic E-state index is 13.6. The summed E-state index contributed by atoms with van der Waals surface area (Å²) in [6.07, 6.45) is 3.31. The molecule has 4 aromatic rings. The predicted octanol–water partition coefficient (Wildman–Crippen LogP) is 5.68. The molecule has 5 nitrogen and oxygen atoms in total. The maximum Gasteiger partial charge on any atom is 0.224 e. The summed E-state index contributed by atoms with van der Waals surface area (Å²) in [5.74, 6) is 0.532. The van der Waals surface area contributed by atoms with Crippen LogP contribution in [0, 0.1) is 18.7 Å². The van der Waals surface area contributed by atoms with Gasteiger partial charge in [-0.05, 0) is 85.1 Å². The molecule has 0 bridgehead atoms. The summed E-state index contributed by atoms with van der Waals surface area (Å²) in [7, 11) is 0. The van der Waals surface area contributed by atoms with Crippen molar-refractivity contribution < 1.29 is 13.9 Å². The van der Waals surface area contributed by atoms with E-state index >= 15 is 0 Å². The number of nitrogens with zero attached hydrogens (tertiary/aromatic N) is 2. The van der Waals surface area contributed by atoms with Gasteiger partial charge in [0.05, 0.1) is 11.7 Å². The summed E-state index contributed by atoms with van der Waals surface area (Å²) in [5.41, 5.74) is 2.59. The minimum atomic E-state index is -0.414. The van der Waals surface area contributed by atoms with Crippen molar-refractivity contribution in [3.63, 3.8) is 0 Å². The van der Waals surface area contributed by atoms with Gasteiger partial charge in [-0.25, -0.2) is 4.39 Å². The predicted molar refractivity (Wildman–Crippen MR) is 144 cm³/mol. The highest BCUT2D eigenvalue weighted by Crippen LogP contribution is 2.26. The smallest absolute Gasteiger partial charge is 0.224 e. The lowest BCUT2D eigenvalue weighted by atomic mass is 9.94. The van der Waals surface area contributed by atoms with Crippen LogP contribution in [0.25, 0.3) is 10.8 Å². The highest BCUT2D eigenvalue weighted by molar-refractivity contribution is 5.83. The zero-order valence-electron chi connectivity index (χ0n) is 21.1. The summed E-state index contributed by atoms with van der Waals surface area (Å²) in [5, 5.41) is 5.58. The average molecular weight is 498 g/mol. The number of carbonyl (C=O) groups is 1. The molecule has 3 aromatic carbocycles. The van der Waals surface area contributed by atoms with Gasteiger partial charge in [0.15, 0.2) is 0 Å². The van der Waals surface area contributed by atoms with Gasteiger partial charge in [-0.2, -0.15) is 0 Å². The molecule has 1 N–H and O–H groups in total. The standard InChI is InChI=1S/C31H32FN3O2/c1-22-5-4-16-33-29(22)30(24-8-11-27(32)12-9-24)34-31(36)25-14-17-35(18-15-25)19-20-37-28-13-10-23-6-2-3-7-26(23)21-28/h2-13,16,21,25,30H,14-15,17-20H2,1H3,(H,34,36). The molecule has 1 saturated heterocycles. The van der Waals surface area contributed by atoms with Crippen molar-refractivity contribution in [2.75, 3.05) is 26.2 Å². The first-order valence-electron chi connectivity index (χ1n) is 12.9. The van der Waals surface area contributed by atoms with Crippen LogP contribution in [-0.2, 0) is 4.79 Å². The van der Waals surface area contributed by atoms with Crippen molar-refractivity contribution in [3.05, 3.63) is 108 Å². The lowest BCUT2D eigenvalue weighted by Crippen LogP contribution is -2.43. The van der Waals surface area contributed by atoms with Crippen LogP contribution in [0.5, 0.6) is 5.75 Å². The van der Waals surface area contributed by atoms with Crippen LogP contribution in [-0.4, -0.2) is 42.0 Å². The molecule has 190 valence electrons. The molecule has 1 aromatic heterocycles. The van der Waals surface area contributed by atoms with Gasteiger partial charge in [-0.1, -0.05) is 48.5 Å². The number of pyridine rings is 1. The normalized spacial score (nSPS) is 15.4. The minimum Gasteiger partial charge on any atom is -0.492 e. The van der Waals surface area contributed by atoms with E-state index in [4.69, 9.17) is 4.74 Å². The molecular formula is C31H32FN3O2. The number of piperidine rings is 1. The topological polar surface area (TPSA) is 54.5 Å². The Morgan fingerprint density at radius 3 is 2.54 bits per heavy atom. The molecule has 0 aliphatic carbocycles. The van der Waals surface area contributed by atoms with Gasteiger partial charge < -0.3 is 10.1 Å². The minimum absolute atomic E-state index is 0.0199. The first-order chi connectivity index (χ1) is 18.1. The number of aryl methyl sites for hydroxylation is 1. The lowest BCUT2D eigenvalue weighted by Gasteiger charge is -2.32. The lowest BCUT2D eigenvalue weighted by molar-refractivity contribution is -0.127. The molecule has 1 aliphatic heterocycles. The van der Waals surface area contributed by atoms with Crippen molar-refractivity contribution in [1.29, 1.82) is 0 Å². The van der Waals surface area contributed by atoms with Crippen LogP contribution in [0.4, 0.5) is 4.39 Å². The number of halogens is 1. The summed E-state index contributed by atoms with van der Waals surface area (Å²) in [4.78, 5) is 20.2. The average Bonchev–Trinajstić information content (AvgIpc) is 2.93. The van der Waals surface area contributed by atoms with Gasteiger partial charge in [-0.15, -0.1) is 0 Å². The van der Waals surface area contributed by atoms with E-state index in [2.05, 4.69) is 39.5 Å². The first kappa shape index (κ1) is 24.9. The second-order valence-electron chi connectivity index (χ2n) is 9.67. The number of likely N-dealkylation sites (tertiary alicyclic amines) is 1. The second kappa shape index (κ2) is 11.5. The molecule has 1 unspecified atom stereocenters. The van der Waals surface area contributed by atoms with Gasteiger partial charge in [-0.3, -0.25) is 14.7 Å². The van der Waals surface area contributed by atoms with Crippen LogP contribution in [0.15, 0.2) is 85.1 Å². The van der Waals surface area contributed by atoms with E-state index in [-0.39, 0.29) is 17.6 Å².